The van der Waals surface area contributed by atoms with Crippen molar-refractivity contribution in [1.29, 1.82) is 0 Å². The largest absolute Gasteiger partial charge is 0.466 e. The Morgan fingerprint density at radius 3 is 1.65 bits per heavy atom. The standard InChI is InChI=1S/C24H24NO7P.C11H15NO2.ClH.H2/c1-2-30-24(26)20(17-19-9-5-3-6-10-19)18-33(29,31-22-11-7-4-8-12-22)32-23-15-13-21(14-16-23)25(27)28;1-2-14-11(13)10(12)8-9-6-4-3-5-7-9;;/h3-16,20H,2,17-18H2,1H3;3-7,10H,2,8,12H2,1H3;2*1H/t20-,33?;10-;;/m10../s1/i;;;1+1. The van der Waals surface area contributed by atoms with Crippen LogP contribution in [-0.2, 0) is 36.5 Å². The summed E-state index contributed by atoms with van der Waals surface area (Å²) in [6.45, 7) is 4.02. The van der Waals surface area contributed by atoms with E-state index < -0.39 is 30.4 Å². The molecule has 0 aliphatic rings. The van der Waals surface area contributed by atoms with Gasteiger partial charge in [0.25, 0.3) is 5.69 Å². The third-order valence-electron chi connectivity index (χ3n) is 6.56. The number of ether oxygens (including phenoxy) is 2. The third-order valence-corrected chi connectivity index (χ3v) is 8.42. The van der Waals surface area contributed by atoms with E-state index in [2.05, 4.69) is 0 Å². The monoisotopic (exact) mass is 701 g/mol. The maximum Gasteiger partial charge on any atom is 0.431 e. The van der Waals surface area contributed by atoms with E-state index in [0.717, 1.165) is 11.1 Å². The van der Waals surface area contributed by atoms with Crippen LogP contribution in [-0.4, -0.2) is 42.3 Å². The summed E-state index contributed by atoms with van der Waals surface area (Å²) in [6.07, 6.45) is 0.567. The number of benzene rings is 4. The Morgan fingerprint density at radius 2 is 1.17 bits per heavy atom. The molecule has 4 aromatic rings. The Balaban J connectivity index is 0.000000634. The summed E-state index contributed by atoms with van der Waals surface area (Å²) in [5.41, 5.74) is 7.45. The van der Waals surface area contributed by atoms with Crippen LogP contribution < -0.4 is 14.8 Å². The molecule has 0 saturated carbocycles. The number of carbonyl (C=O) groups is 2. The van der Waals surface area contributed by atoms with Crippen molar-refractivity contribution in [3.05, 3.63) is 137 Å². The van der Waals surface area contributed by atoms with Gasteiger partial charge in [0.2, 0.25) is 0 Å². The molecule has 0 amide bonds. The van der Waals surface area contributed by atoms with Crippen molar-refractivity contribution in [2.24, 2.45) is 11.7 Å². The van der Waals surface area contributed by atoms with Crippen LogP contribution in [0, 0.1) is 16.0 Å². The Labute approximate surface area is 287 Å². The molecule has 2 N–H and O–H groups in total. The zero-order chi connectivity index (χ0) is 34.1. The average molecular weight is 702 g/mol. The van der Waals surface area contributed by atoms with Gasteiger partial charge in [-0.15, -0.1) is 12.4 Å². The maximum absolute atomic E-state index is 13.9. The predicted octanol–water partition coefficient (Wildman–Crippen LogP) is 7.46. The molecular weight excluding hydrogens is 659 g/mol. The molecule has 1 unspecified atom stereocenters. The highest BCUT2D eigenvalue weighted by molar-refractivity contribution is 7.54. The predicted molar refractivity (Wildman–Crippen MR) is 188 cm³/mol. The molecule has 0 spiro atoms. The normalized spacial score (nSPS) is 12.7. The number of nitro groups is 1. The van der Waals surface area contributed by atoms with E-state index in [1.807, 2.05) is 60.7 Å². The van der Waals surface area contributed by atoms with Crippen molar-refractivity contribution >= 4 is 37.6 Å². The van der Waals surface area contributed by atoms with Gasteiger partial charge in [-0.2, -0.15) is 0 Å². The zero-order valence-corrected chi connectivity index (χ0v) is 28.4. The van der Waals surface area contributed by atoms with Crippen molar-refractivity contribution in [3.8, 4) is 11.5 Å². The molecule has 258 valence electrons. The highest BCUT2D eigenvalue weighted by Crippen LogP contribution is 2.50. The molecule has 0 saturated heterocycles. The molecule has 0 heterocycles. The molecule has 0 radical (unpaired) electrons. The van der Waals surface area contributed by atoms with E-state index in [0.29, 0.717) is 18.8 Å². The number of halogens is 1. The number of nitro benzene ring substituents is 1. The second kappa shape index (κ2) is 20.5. The number of esters is 2. The molecular formula is C35H42ClN2O9P. The van der Waals surface area contributed by atoms with Gasteiger partial charge in [0.05, 0.1) is 30.2 Å². The second-order valence-electron chi connectivity index (χ2n) is 10.2. The first-order chi connectivity index (χ1) is 22.6. The van der Waals surface area contributed by atoms with Crippen LogP contribution in [0.1, 0.15) is 26.4 Å². The van der Waals surface area contributed by atoms with E-state index in [1.54, 1.807) is 44.2 Å². The van der Waals surface area contributed by atoms with Gasteiger partial charge in [0, 0.05) is 13.6 Å². The molecule has 11 nitrogen and oxygen atoms in total. The van der Waals surface area contributed by atoms with E-state index in [1.165, 1.54) is 24.3 Å². The lowest BCUT2D eigenvalue weighted by Crippen LogP contribution is -2.34. The van der Waals surface area contributed by atoms with Gasteiger partial charge in [-0.1, -0.05) is 78.9 Å². The van der Waals surface area contributed by atoms with Gasteiger partial charge < -0.3 is 24.3 Å². The first-order valence-corrected chi connectivity index (χ1v) is 16.8. The molecule has 3 atom stereocenters. The van der Waals surface area contributed by atoms with Crippen LogP contribution in [0.15, 0.2) is 115 Å². The number of hydrogen-bond donors (Lipinski definition) is 1. The lowest BCUT2D eigenvalue weighted by molar-refractivity contribution is -0.384. The minimum absolute atomic E-state index is 0. The molecule has 0 bridgehead atoms. The zero-order valence-electron chi connectivity index (χ0n) is 26.7. The van der Waals surface area contributed by atoms with Crippen molar-refractivity contribution < 1.29 is 39.0 Å². The van der Waals surface area contributed by atoms with E-state index in [4.69, 9.17) is 24.3 Å². The van der Waals surface area contributed by atoms with Crippen LogP contribution in [0.4, 0.5) is 5.69 Å². The van der Waals surface area contributed by atoms with Gasteiger partial charge >= 0.3 is 19.5 Å². The topological polar surface area (TPSA) is 157 Å². The summed E-state index contributed by atoms with van der Waals surface area (Å²) in [7, 11) is -3.94. The second-order valence-corrected chi connectivity index (χ2v) is 12.2. The molecule has 13 heteroatoms. The SMILES string of the molecule is CCOC(=O)[C@@H](N)Cc1ccccc1.CCOC(=O)[C@H](Cc1ccccc1)CP(=O)(Oc1ccccc1)Oc1ccc([N+](=O)[O-])cc1.Cl.[2HH]. The number of carbonyl (C=O) groups excluding carboxylic acids is 2. The number of nitrogens with zero attached hydrogens (tertiary/aromatic N) is 1. The molecule has 0 aliphatic heterocycles. The minimum Gasteiger partial charge on any atom is -0.466 e. The van der Waals surface area contributed by atoms with Crippen LogP contribution >= 0.6 is 20.0 Å². The van der Waals surface area contributed by atoms with Crippen LogP contribution in [0.25, 0.3) is 0 Å². The Bertz CT molecular complexity index is 1600. The molecule has 48 heavy (non-hydrogen) atoms. The van der Waals surface area contributed by atoms with Gasteiger partial charge in [-0.25, -0.2) is 4.57 Å². The number of nitrogens with two attached hydrogens (primary N) is 1. The van der Waals surface area contributed by atoms with Crippen molar-refractivity contribution in [1.82, 2.24) is 0 Å². The van der Waals surface area contributed by atoms with Crippen LogP contribution in [0.2, 0.25) is 0 Å². The fraction of sp³-hybridized carbons (Fsp3) is 0.257. The number of non-ortho nitro benzene ring substituents is 1. The quantitative estimate of drug-likeness (QED) is 0.0571. The fourth-order valence-electron chi connectivity index (χ4n) is 4.38. The molecule has 0 aliphatic carbocycles. The Hall–Kier alpha value is -4.70. The van der Waals surface area contributed by atoms with E-state index >= 15 is 0 Å². The molecule has 0 aromatic heterocycles. The Morgan fingerprint density at radius 1 is 0.729 bits per heavy atom. The lowest BCUT2D eigenvalue weighted by Gasteiger charge is -2.24. The van der Waals surface area contributed by atoms with Crippen LogP contribution in [0.3, 0.4) is 0 Å². The first-order valence-electron chi connectivity index (χ1n) is 15.1. The Kier molecular flexibility index (Phi) is 16.9. The number of hydrogen-bond acceptors (Lipinski definition) is 10. The smallest absolute Gasteiger partial charge is 0.431 e. The number of para-hydroxylation sites is 1. The summed E-state index contributed by atoms with van der Waals surface area (Å²) in [4.78, 5) is 34.3. The van der Waals surface area contributed by atoms with Crippen LogP contribution in [0.5, 0.6) is 11.5 Å². The van der Waals surface area contributed by atoms with Crippen molar-refractivity contribution in [2.45, 2.75) is 32.7 Å². The van der Waals surface area contributed by atoms with Gasteiger partial charge in [-0.05, 0) is 62.1 Å². The van der Waals surface area contributed by atoms with E-state index in [-0.39, 0.29) is 50.4 Å². The summed E-state index contributed by atoms with van der Waals surface area (Å²) in [5.74, 6) is -1.20. The number of rotatable bonds is 15. The average Bonchev–Trinajstić information content (AvgIpc) is 3.06. The fourth-order valence-corrected chi connectivity index (χ4v) is 6.27. The van der Waals surface area contributed by atoms with Gasteiger partial charge in [0.1, 0.15) is 17.5 Å². The highest BCUT2D eigenvalue weighted by Gasteiger charge is 2.36. The first kappa shape index (κ1) is 39.5. The van der Waals surface area contributed by atoms with Gasteiger partial charge in [0.15, 0.2) is 0 Å². The summed E-state index contributed by atoms with van der Waals surface area (Å²) >= 11 is 0. The third kappa shape index (κ3) is 13.6. The summed E-state index contributed by atoms with van der Waals surface area (Å²) in [6, 6.07) is 32.1. The van der Waals surface area contributed by atoms with Crippen molar-refractivity contribution in [2.75, 3.05) is 19.4 Å². The molecule has 4 rings (SSSR count). The summed E-state index contributed by atoms with van der Waals surface area (Å²) in [5, 5.41) is 10.9. The van der Waals surface area contributed by atoms with Gasteiger partial charge in [-0.3, -0.25) is 19.7 Å². The lowest BCUT2D eigenvalue weighted by atomic mass is 10.0. The minimum atomic E-state index is -3.94. The van der Waals surface area contributed by atoms with Crippen molar-refractivity contribution in [3.63, 3.8) is 0 Å². The molecule has 4 aromatic carbocycles. The highest BCUT2D eigenvalue weighted by atomic mass is 35.5. The maximum atomic E-state index is 13.9. The van der Waals surface area contributed by atoms with E-state index in [9.17, 15) is 24.3 Å². The summed E-state index contributed by atoms with van der Waals surface area (Å²) < 4.78 is 35.4. The molecule has 0 fully saturated rings.